The van der Waals surface area contributed by atoms with Gasteiger partial charge in [0, 0.05) is 6.07 Å². The van der Waals surface area contributed by atoms with E-state index in [0.29, 0.717) is 17.9 Å². The van der Waals surface area contributed by atoms with Crippen molar-refractivity contribution in [2.24, 2.45) is 0 Å². The number of nitrogens with one attached hydrogen (secondary N) is 2. The van der Waals surface area contributed by atoms with Gasteiger partial charge < -0.3 is 20.3 Å². The Hall–Kier alpha value is -1.70. The second-order valence-electron chi connectivity index (χ2n) is 3.93. The molecule has 0 saturated carbocycles. The molecule has 1 aromatic heterocycles. The number of urea groups is 1. The van der Waals surface area contributed by atoms with E-state index in [1.54, 1.807) is 13.0 Å². The molecule has 8 heteroatoms. The third-order valence-corrected chi connectivity index (χ3v) is 2.96. The normalized spacial score (nSPS) is 11.9. The van der Waals surface area contributed by atoms with Crippen LogP contribution in [0, 0.1) is 6.92 Å². The van der Waals surface area contributed by atoms with Crippen molar-refractivity contribution in [3.05, 3.63) is 17.5 Å². The number of thioether (sulfide) groups is 1. The second kappa shape index (κ2) is 7.67. The Morgan fingerprint density at radius 2 is 2.32 bits per heavy atom. The van der Waals surface area contributed by atoms with E-state index >= 15 is 0 Å². The second-order valence-corrected chi connectivity index (χ2v) is 4.92. The van der Waals surface area contributed by atoms with Gasteiger partial charge in [0.05, 0.1) is 12.2 Å². The van der Waals surface area contributed by atoms with E-state index in [-0.39, 0.29) is 6.54 Å². The van der Waals surface area contributed by atoms with Gasteiger partial charge in [-0.25, -0.2) is 9.59 Å². The van der Waals surface area contributed by atoms with E-state index in [9.17, 15) is 9.59 Å². The van der Waals surface area contributed by atoms with Crippen LogP contribution in [0.1, 0.15) is 17.9 Å². The largest absolute Gasteiger partial charge is 0.480 e. The third kappa shape index (κ3) is 5.64. The quantitative estimate of drug-likeness (QED) is 0.690. The molecule has 0 radical (unpaired) electrons. The highest BCUT2D eigenvalue weighted by molar-refractivity contribution is 7.98. The summed E-state index contributed by atoms with van der Waals surface area (Å²) in [7, 11) is 0. The molecule has 0 spiro atoms. The first-order valence-corrected chi connectivity index (χ1v) is 7.10. The van der Waals surface area contributed by atoms with Crippen molar-refractivity contribution in [2.75, 3.05) is 12.0 Å². The molecule has 0 unspecified atom stereocenters. The van der Waals surface area contributed by atoms with E-state index in [1.165, 1.54) is 11.8 Å². The summed E-state index contributed by atoms with van der Waals surface area (Å²) in [6.07, 6.45) is 2.26. The lowest BCUT2D eigenvalue weighted by atomic mass is 10.2. The zero-order valence-electron chi connectivity index (χ0n) is 10.8. The first-order valence-electron chi connectivity index (χ1n) is 5.71. The molecular weight excluding hydrogens is 270 g/mol. The SMILES string of the molecule is CSCC[C@@H](NC(=O)NCc1cc(C)no1)C(=O)O. The molecule has 0 aliphatic heterocycles. The zero-order chi connectivity index (χ0) is 14.3. The van der Waals surface area contributed by atoms with Crippen LogP contribution in [0.4, 0.5) is 4.79 Å². The van der Waals surface area contributed by atoms with E-state index in [1.807, 2.05) is 6.26 Å². The highest BCUT2D eigenvalue weighted by Gasteiger charge is 2.19. The lowest BCUT2D eigenvalue weighted by molar-refractivity contribution is -0.139. The highest BCUT2D eigenvalue weighted by Crippen LogP contribution is 2.02. The predicted octanol–water partition coefficient (Wildman–Crippen LogP) is 0.989. The fourth-order valence-electron chi connectivity index (χ4n) is 1.37. The average molecular weight is 287 g/mol. The van der Waals surface area contributed by atoms with E-state index in [2.05, 4.69) is 15.8 Å². The smallest absolute Gasteiger partial charge is 0.326 e. The van der Waals surface area contributed by atoms with Gasteiger partial charge in [-0.3, -0.25) is 0 Å². The van der Waals surface area contributed by atoms with Crippen LogP contribution < -0.4 is 10.6 Å². The van der Waals surface area contributed by atoms with Gasteiger partial charge in [-0.05, 0) is 25.4 Å². The lowest BCUT2D eigenvalue weighted by Crippen LogP contribution is -2.46. The fraction of sp³-hybridized carbons (Fsp3) is 0.545. The number of hydrogen-bond acceptors (Lipinski definition) is 5. The Kier molecular flexibility index (Phi) is 6.20. The number of carbonyl (C=O) groups is 2. The van der Waals surface area contributed by atoms with Crippen LogP contribution in [0.15, 0.2) is 10.6 Å². The van der Waals surface area contributed by atoms with E-state index < -0.39 is 18.0 Å². The van der Waals surface area contributed by atoms with Crippen molar-refractivity contribution in [2.45, 2.75) is 25.9 Å². The first kappa shape index (κ1) is 15.4. The van der Waals surface area contributed by atoms with Gasteiger partial charge in [0.1, 0.15) is 6.04 Å². The molecule has 1 aromatic rings. The maximum atomic E-state index is 11.5. The molecule has 7 nitrogen and oxygen atoms in total. The standard InChI is InChI=1S/C11H17N3O4S/c1-7-5-8(18-14-7)6-12-11(17)13-9(10(15)16)3-4-19-2/h5,9H,3-4,6H2,1-2H3,(H,15,16)(H2,12,13,17)/t9-/m1/s1. The van der Waals surface area contributed by atoms with Gasteiger partial charge in [0.2, 0.25) is 0 Å². The van der Waals surface area contributed by atoms with Crippen LogP contribution in [0.25, 0.3) is 0 Å². The monoisotopic (exact) mass is 287 g/mol. The molecule has 19 heavy (non-hydrogen) atoms. The minimum absolute atomic E-state index is 0.168. The maximum absolute atomic E-state index is 11.5. The van der Waals surface area contributed by atoms with Crippen molar-refractivity contribution in [1.29, 1.82) is 0 Å². The Balaban J connectivity index is 2.37. The van der Waals surface area contributed by atoms with Gasteiger partial charge in [0.15, 0.2) is 5.76 Å². The summed E-state index contributed by atoms with van der Waals surface area (Å²) in [6.45, 7) is 1.94. The van der Waals surface area contributed by atoms with Gasteiger partial charge in [0.25, 0.3) is 0 Å². The average Bonchev–Trinajstić information content (AvgIpc) is 2.77. The molecule has 3 N–H and O–H groups in total. The van der Waals surface area contributed by atoms with Crippen molar-refractivity contribution >= 4 is 23.8 Å². The number of nitrogens with zero attached hydrogens (tertiary/aromatic N) is 1. The lowest BCUT2D eigenvalue weighted by Gasteiger charge is -2.14. The van der Waals surface area contributed by atoms with Crippen LogP contribution in [-0.4, -0.2) is 40.3 Å². The number of carboxylic acid groups (broad SMARTS) is 1. The summed E-state index contributed by atoms with van der Waals surface area (Å²) in [5.74, 6) is 0.141. The molecule has 106 valence electrons. The summed E-state index contributed by atoms with van der Waals surface area (Å²) in [5, 5.41) is 17.6. The van der Waals surface area contributed by atoms with Crippen LogP contribution in [-0.2, 0) is 11.3 Å². The summed E-state index contributed by atoms with van der Waals surface area (Å²) in [5.41, 5.74) is 0.723. The maximum Gasteiger partial charge on any atom is 0.326 e. The topological polar surface area (TPSA) is 104 Å². The van der Waals surface area contributed by atoms with Crippen molar-refractivity contribution in [1.82, 2.24) is 15.8 Å². The molecule has 0 aromatic carbocycles. The number of aryl methyl sites for hydroxylation is 1. The molecule has 1 heterocycles. The van der Waals surface area contributed by atoms with Crippen LogP contribution in [0.3, 0.4) is 0 Å². The molecule has 0 bridgehead atoms. The molecular formula is C11H17N3O4S. The Morgan fingerprint density at radius 3 is 2.84 bits per heavy atom. The molecule has 0 aliphatic carbocycles. The summed E-state index contributed by atoms with van der Waals surface area (Å²) in [6, 6.07) is 0.273. The first-order chi connectivity index (χ1) is 9.02. The van der Waals surface area contributed by atoms with E-state index in [0.717, 1.165) is 5.69 Å². The number of aromatic nitrogens is 1. The van der Waals surface area contributed by atoms with Crippen molar-refractivity contribution in [3.63, 3.8) is 0 Å². The van der Waals surface area contributed by atoms with Crippen molar-refractivity contribution in [3.8, 4) is 0 Å². The summed E-state index contributed by atoms with van der Waals surface area (Å²) >= 11 is 1.53. The number of hydrogen-bond donors (Lipinski definition) is 3. The molecule has 1 rings (SSSR count). The number of amides is 2. The summed E-state index contributed by atoms with van der Waals surface area (Å²) < 4.78 is 4.92. The van der Waals surface area contributed by atoms with Gasteiger partial charge in [-0.15, -0.1) is 0 Å². The minimum Gasteiger partial charge on any atom is -0.480 e. The van der Waals surface area contributed by atoms with E-state index in [4.69, 9.17) is 9.63 Å². The summed E-state index contributed by atoms with van der Waals surface area (Å²) in [4.78, 5) is 22.5. The van der Waals surface area contributed by atoms with Crippen LogP contribution in [0.2, 0.25) is 0 Å². The highest BCUT2D eigenvalue weighted by atomic mass is 32.2. The molecule has 0 saturated heterocycles. The number of rotatable bonds is 7. The van der Waals surface area contributed by atoms with Crippen LogP contribution >= 0.6 is 11.8 Å². The predicted molar refractivity (Wildman–Crippen MR) is 71.0 cm³/mol. The number of carbonyl (C=O) groups excluding carboxylic acids is 1. The fourth-order valence-corrected chi connectivity index (χ4v) is 1.84. The minimum atomic E-state index is -1.04. The van der Waals surface area contributed by atoms with Gasteiger partial charge in [-0.2, -0.15) is 11.8 Å². The van der Waals surface area contributed by atoms with Crippen LogP contribution in [0.5, 0.6) is 0 Å². The Bertz CT molecular complexity index is 435. The molecule has 0 fully saturated rings. The molecule has 2 amide bonds. The number of carboxylic acids is 1. The molecule has 0 aliphatic rings. The Labute approximate surface area is 115 Å². The number of aliphatic carboxylic acids is 1. The van der Waals surface area contributed by atoms with Gasteiger partial charge in [-0.1, -0.05) is 5.16 Å². The van der Waals surface area contributed by atoms with Gasteiger partial charge >= 0.3 is 12.0 Å². The molecule has 1 atom stereocenters. The zero-order valence-corrected chi connectivity index (χ0v) is 11.6. The van der Waals surface area contributed by atoms with Crippen molar-refractivity contribution < 1.29 is 19.2 Å². The Morgan fingerprint density at radius 1 is 1.58 bits per heavy atom. The third-order valence-electron chi connectivity index (χ3n) is 2.31.